The van der Waals surface area contributed by atoms with Gasteiger partial charge in [0.15, 0.2) is 11.5 Å². The number of aliphatic hydroxyl groups excluding tert-OH is 3. The average Bonchev–Trinajstić information content (AvgIpc) is 3.91. The predicted octanol–water partition coefficient (Wildman–Crippen LogP) is 1.76. The molecule has 1 saturated heterocycles. The number of anilines is 1. The molecule has 46 heavy (non-hydrogen) atoms. The number of benzene rings is 2. The van der Waals surface area contributed by atoms with Gasteiger partial charge in [0.1, 0.15) is 17.7 Å². The normalized spacial score (nSPS) is 22.9. The van der Waals surface area contributed by atoms with E-state index < -0.39 is 30.2 Å². The van der Waals surface area contributed by atoms with E-state index in [1.807, 2.05) is 36.4 Å². The third-order valence-corrected chi connectivity index (χ3v) is 9.05. The summed E-state index contributed by atoms with van der Waals surface area (Å²) >= 11 is 0. The van der Waals surface area contributed by atoms with Crippen molar-refractivity contribution in [3.8, 4) is 0 Å². The summed E-state index contributed by atoms with van der Waals surface area (Å²) in [6.07, 6.45) is 3.63. The molecular formula is C33H37N9O4. The van der Waals surface area contributed by atoms with Crippen LogP contribution in [0.25, 0.3) is 11.2 Å². The van der Waals surface area contributed by atoms with Crippen molar-refractivity contribution in [2.75, 3.05) is 25.0 Å². The minimum absolute atomic E-state index is 0.0103. The first-order valence-electron chi connectivity index (χ1n) is 15.6. The maximum absolute atomic E-state index is 13.5. The number of nitrogens with one attached hydrogen (secondary N) is 3. The van der Waals surface area contributed by atoms with Crippen LogP contribution in [-0.2, 0) is 6.61 Å². The highest BCUT2D eigenvalue weighted by Crippen LogP contribution is 2.40. The number of aliphatic hydroxyl groups is 3. The van der Waals surface area contributed by atoms with Crippen molar-refractivity contribution in [3.05, 3.63) is 102 Å². The summed E-state index contributed by atoms with van der Waals surface area (Å²) < 4.78 is 3.29. The molecule has 5 atom stereocenters. The van der Waals surface area contributed by atoms with Crippen LogP contribution < -0.4 is 16.0 Å². The molecule has 13 nitrogen and oxygen atoms in total. The van der Waals surface area contributed by atoms with Crippen LogP contribution in [0.5, 0.6) is 0 Å². The van der Waals surface area contributed by atoms with E-state index in [1.165, 1.54) is 6.20 Å². The highest BCUT2D eigenvalue weighted by atomic mass is 16.3. The third-order valence-electron chi connectivity index (χ3n) is 9.05. The SMILES string of the molecule is O=C(N[C@@H]1CCNC1)c1nc(NCC(c2ccccc2)c2ccccc2)c2ncn([C@@H]3C[C@H](n4cc(CO)cn4)C(O)C3O)c2n1. The van der Waals surface area contributed by atoms with E-state index in [1.54, 1.807) is 21.8 Å². The van der Waals surface area contributed by atoms with Crippen LogP contribution in [0, 0.1) is 0 Å². The first-order chi connectivity index (χ1) is 22.5. The van der Waals surface area contributed by atoms with E-state index in [4.69, 9.17) is 0 Å². The molecule has 1 saturated carbocycles. The number of aromatic nitrogens is 6. The molecule has 1 aliphatic carbocycles. The predicted molar refractivity (Wildman–Crippen MR) is 170 cm³/mol. The van der Waals surface area contributed by atoms with Crippen molar-refractivity contribution >= 4 is 22.9 Å². The number of hydrogen-bond donors (Lipinski definition) is 6. The topological polar surface area (TPSA) is 175 Å². The Morgan fingerprint density at radius 1 is 1.00 bits per heavy atom. The molecule has 6 N–H and O–H groups in total. The van der Waals surface area contributed by atoms with Crippen LogP contribution in [0.1, 0.15) is 58.2 Å². The van der Waals surface area contributed by atoms with Crippen LogP contribution in [0.2, 0.25) is 0 Å². The van der Waals surface area contributed by atoms with Crippen molar-refractivity contribution < 1.29 is 20.1 Å². The monoisotopic (exact) mass is 623 g/mol. The van der Waals surface area contributed by atoms with E-state index in [2.05, 4.69) is 60.3 Å². The fourth-order valence-corrected chi connectivity index (χ4v) is 6.57. The van der Waals surface area contributed by atoms with Crippen molar-refractivity contribution in [1.29, 1.82) is 0 Å². The summed E-state index contributed by atoms with van der Waals surface area (Å²) in [5, 5.41) is 45.8. The maximum Gasteiger partial charge on any atom is 0.289 e. The van der Waals surface area contributed by atoms with Gasteiger partial charge in [0.25, 0.3) is 5.91 Å². The first-order valence-corrected chi connectivity index (χ1v) is 15.6. The first kappa shape index (κ1) is 30.0. The molecule has 2 aromatic carbocycles. The molecule has 0 bridgehead atoms. The lowest BCUT2D eigenvalue weighted by Gasteiger charge is -2.20. The van der Waals surface area contributed by atoms with Crippen LogP contribution in [-0.4, -0.2) is 88.4 Å². The lowest BCUT2D eigenvalue weighted by Crippen LogP contribution is -2.37. The van der Waals surface area contributed by atoms with E-state index in [0.717, 1.165) is 24.1 Å². The number of fused-ring (bicyclic) bond motifs is 1. The second-order valence-electron chi connectivity index (χ2n) is 12.0. The van der Waals surface area contributed by atoms with Crippen LogP contribution >= 0.6 is 0 Å². The molecule has 1 amide bonds. The maximum atomic E-state index is 13.5. The largest absolute Gasteiger partial charge is 0.392 e. The Morgan fingerprint density at radius 3 is 2.37 bits per heavy atom. The van der Waals surface area contributed by atoms with Gasteiger partial charge in [-0.25, -0.2) is 15.0 Å². The molecule has 2 fully saturated rings. The van der Waals surface area contributed by atoms with Gasteiger partial charge in [-0.15, -0.1) is 0 Å². The molecule has 2 aliphatic rings. The Labute approximate surface area is 265 Å². The average molecular weight is 624 g/mol. The number of amides is 1. The van der Waals surface area contributed by atoms with Gasteiger partial charge in [-0.3, -0.25) is 9.48 Å². The van der Waals surface area contributed by atoms with Gasteiger partial charge < -0.3 is 35.8 Å². The summed E-state index contributed by atoms with van der Waals surface area (Å²) in [5.41, 5.74) is 3.68. The highest BCUT2D eigenvalue weighted by Gasteiger charge is 2.44. The molecule has 2 unspecified atom stereocenters. The smallest absolute Gasteiger partial charge is 0.289 e. The Bertz CT molecular complexity index is 1750. The van der Waals surface area contributed by atoms with E-state index >= 15 is 0 Å². The van der Waals surface area contributed by atoms with Gasteiger partial charge >= 0.3 is 0 Å². The van der Waals surface area contributed by atoms with Crippen LogP contribution in [0.15, 0.2) is 79.4 Å². The van der Waals surface area contributed by atoms with Crippen molar-refractivity contribution in [3.63, 3.8) is 0 Å². The third kappa shape index (κ3) is 5.85. The zero-order chi connectivity index (χ0) is 31.6. The molecule has 3 aromatic heterocycles. The van der Waals surface area contributed by atoms with Crippen molar-refractivity contribution in [1.82, 2.24) is 39.9 Å². The Morgan fingerprint density at radius 2 is 1.72 bits per heavy atom. The molecule has 1 aliphatic heterocycles. The summed E-state index contributed by atoms with van der Waals surface area (Å²) in [6.45, 7) is 1.79. The fourth-order valence-electron chi connectivity index (χ4n) is 6.57. The standard InChI is InChI=1S/C33H37N9O4/c43-18-20-14-37-42(17-20)26-13-25(28(44)29(26)45)41-19-36-27-30(39-31(40-32(27)41)33(46)38-23-11-12-34-15-23)35-16-24(21-7-3-1-4-8-21)22-9-5-2-6-10-22/h1-10,14,17,19,23-26,28-29,34,43-45H,11-13,15-16,18H2,(H,38,46)(H,35,39,40)/t23-,25-,26+,28?,29?/m1/s1. The van der Waals surface area contributed by atoms with Gasteiger partial charge in [-0.05, 0) is 30.5 Å². The number of carbonyl (C=O) groups excluding carboxylic acids is 1. The highest BCUT2D eigenvalue weighted by molar-refractivity contribution is 5.94. The molecule has 13 heteroatoms. The molecule has 0 spiro atoms. The summed E-state index contributed by atoms with van der Waals surface area (Å²) in [5.74, 6) is -0.0164. The molecular weight excluding hydrogens is 586 g/mol. The van der Waals surface area contributed by atoms with Crippen molar-refractivity contribution in [2.24, 2.45) is 0 Å². The summed E-state index contributed by atoms with van der Waals surface area (Å²) in [7, 11) is 0. The Balaban J connectivity index is 1.24. The lowest BCUT2D eigenvalue weighted by atomic mass is 9.91. The zero-order valence-electron chi connectivity index (χ0n) is 25.1. The number of imidazole rings is 1. The summed E-state index contributed by atoms with van der Waals surface area (Å²) in [6, 6.07) is 19.2. The summed E-state index contributed by atoms with van der Waals surface area (Å²) in [4.78, 5) is 27.5. The second kappa shape index (κ2) is 13.0. The minimum Gasteiger partial charge on any atom is -0.392 e. The number of rotatable bonds is 10. The number of hydrogen-bond acceptors (Lipinski definition) is 10. The van der Waals surface area contributed by atoms with Gasteiger partial charge in [0.2, 0.25) is 5.82 Å². The van der Waals surface area contributed by atoms with Crippen LogP contribution in [0.3, 0.4) is 0 Å². The fraction of sp³-hybridized carbons (Fsp3) is 0.364. The van der Waals surface area contributed by atoms with Crippen LogP contribution in [0.4, 0.5) is 5.82 Å². The minimum atomic E-state index is -1.15. The van der Waals surface area contributed by atoms with Gasteiger partial charge in [-0.1, -0.05) is 60.7 Å². The molecule has 0 radical (unpaired) electrons. The van der Waals surface area contributed by atoms with Gasteiger partial charge in [-0.2, -0.15) is 5.10 Å². The Kier molecular flexibility index (Phi) is 8.45. The molecule has 238 valence electrons. The van der Waals surface area contributed by atoms with E-state index in [-0.39, 0.29) is 24.4 Å². The second-order valence-corrected chi connectivity index (χ2v) is 12.0. The quantitative estimate of drug-likeness (QED) is 0.134. The van der Waals surface area contributed by atoms with E-state index in [0.29, 0.717) is 42.1 Å². The molecule has 4 heterocycles. The van der Waals surface area contributed by atoms with E-state index in [9.17, 15) is 20.1 Å². The molecule has 5 aromatic rings. The molecule has 7 rings (SSSR count). The number of nitrogens with zero attached hydrogens (tertiary/aromatic N) is 6. The zero-order valence-corrected chi connectivity index (χ0v) is 25.1. The van der Waals surface area contributed by atoms with Gasteiger partial charge in [0, 0.05) is 36.8 Å². The van der Waals surface area contributed by atoms with Gasteiger partial charge in [0.05, 0.1) is 31.2 Å². The lowest BCUT2D eigenvalue weighted by molar-refractivity contribution is 0.00720. The number of carbonyl (C=O) groups is 1. The van der Waals surface area contributed by atoms with Crippen molar-refractivity contribution in [2.45, 2.75) is 55.7 Å². The Hall–Kier alpha value is -4.69.